The third kappa shape index (κ3) is 11.7. The molecular formula is C15H26O5. The predicted octanol–water partition coefficient (Wildman–Crippen LogP) is 3.15. The van der Waals surface area contributed by atoms with E-state index in [0.717, 1.165) is 32.1 Å². The first kappa shape index (κ1) is 18.6. The molecule has 0 aliphatic rings. The maximum atomic E-state index is 11.3. The van der Waals surface area contributed by atoms with Crippen LogP contribution in [-0.4, -0.2) is 24.0 Å². The maximum absolute atomic E-state index is 11.3. The molecule has 5 heteroatoms. The van der Waals surface area contributed by atoms with E-state index in [0.29, 0.717) is 0 Å². The van der Waals surface area contributed by atoms with Gasteiger partial charge in [0.1, 0.15) is 0 Å². The topological polar surface area (TPSA) is 69.7 Å². The summed E-state index contributed by atoms with van der Waals surface area (Å²) in [7, 11) is 0. The van der Waals surface area contributed by atoms with Crippen molar-refractivity contribution in [3.05, 3.63) is 0 Å². The van der Waals surface area contributed by atoms with Gasteiger partial charge in [-0.15, -0.1) is 0 Å². The Morgan fingerprint density at radius 3 is 1.95 bits per heavy atom. The van der Waals surface area contributed by atoms with E-state index in [-0.39, 0.29) is 25.4 Å². The summed E-state index contributed by atoms with van der Waals surface area (Å²) < 4.78 is 9.50. The average Bonchev–Trinajstić information content (AvgIpc) is 2.35. The summed E-state index contributed by atoms with van der Waals surface area (Å²) in [5, 5.41) is 0. The Labute approximate surface area is 121 Å². The molecule has 20 heavy (non-hydrogen) atoms. The Morgan fingerprint density at radius 2 is 1.35 bits per heavy atom. The smallest absolute Gasteiger partial charge is 0.314 e. The van der Waals surface area contributed by atoms with Gasteiger partial charge in [-0.2, -0.15) is 0 Å². The molecule has 116 valence electrons. The van der Waals surface area contributed by atoms with Gasteiger partial charge in [-0.1, -0.05) is 32.6 Å². The van der Waals surface area contributed by atoms with Gasteiger partial charge in [0.25, 0.3) is 0 Å². The Bertz CT molecular complexity index is 309. The molecule has 0 radical (unpaired) electrons. The number of hydrogen-bond donors (Lipinski definition) is 0. The average molecular weight is 286 g/mol. The minimum Gasteiger partial charge on any atom is -0.463 e. The van der Waals surface area contributed by atoms with Crippen LogP contribution >= 0.6 is 0 Å². The molecule has 0 aromatic heterocycles. The highest BCUT2D eigenvalue weighted by molar-refractivity contribution is 5.87. The van der Waals surface area contributed by atoms with Gasteiger partial charge >= 0.3 is 17.9 Å². The van der Waals surface area contributed by atoms with Gasteiger partial charge in [0, 0.05) is 6.42 Å². The van der Waals surface area contributed by atoms with E-state index in [9.17, 15) is 14.4 Å². The van der Waals surface area contributed by atoms with Gasteiger partial charge in [0.2, 0.25) is 0 Å². The number of esters is 3. The van der Waals surface area contributed by atoms with Gasteiger partial charge in [-0.25, -0.2) is 0 Å². The zero-order valence-corrected chi connectivity index (χ0v) is 12.8. The number of hydrogen-bond acceptors (Lipinski definition) is 5. The fraction of sp³-hybridized carbons (Fsp3) is 0.800. The molecule has 0 rings (SSSR count). The molecule has 0 fully saturated rings. The van der Waals surface area contributed by atoms with E-state index < -0.39 is 17.9 Å². The van der Waals surface area contributed by atoms with Crippen molar-refractivity contribution >= 4 is 17.9 Å². The lowest BCUT2D eigenvalue weighted by Crippen LogP contribution is -2.16. The lowest BCUT2D eigenvalue weighted by molar-refractivity contribution is -0.162. The van der Waals surface area contributed by atoms with Crippen LogP contribution in [0.4, 0.5) is 0 Å². The summed E-state index contributed by atoms with van der Waals surface area (Å²) in [6.07, 6.45) is 4.99. The van der Waals surface area contributed by atoms with Crippen LogP contribution in [0.3, 0.4) is 0 Å². The van der Waals surface area contributed by atoms with Crippen LogP contribution < -0.4 is 0 Å². The number of unbranched alkanes of at least 4 members (excludes halogenated alkanes) is 4. The van der Waals surface area contributed by atoms with E-state index in [2.05, 4.69) is 11.7 Å². The van der Waals surface area contributed by atoms with E-state index in [1.54, 1.807) is 13.8 Å². The van der Waals surface area contributed by atoms with Gasteiger partial charge in [-0.3, -0.25) is 14.4 Å². The summed E-state index contributed by atoms with van der Waals surface area (Å²) in [5.41, 5.74) is 0. The summed E-state index contributed by atoms with van der Waals surface area (Å²) in [4.78, 5) is 33.9. The lowest BCUT2D eigenvalue weighted by Gasteiger charge is -2.07. The Kier molecular flexibility index (Phi) is 10.6. The quantitative estimate of drug-likeness (QED) is 0.350. The van der Waals surface area contributed by atoms with Crippen molar-refractivity contribution in [2.24, 2.45) is 0 Å². The zero-order valence-electron chi connectivity index (χ0n) is 12.8. The molecule has 0 spiro atoms. The van der Waals surface area contributed by atoms with Crippen molar-refractivity contribution in [2.75, 3.05) is 0 Å². The highest BCUT2D eigenvalue weighted by atomic mass is 16.6. The van der Waals surface area contributed by atoms with Crippen LogP contribution in [0.15, 0.2) is 0 Å². The predicted molar refractivity (Wildman–Crippen MR) is 74.9 cm³/mol. The Balaban J connectivity index is 3.64. The molecule has 0 saturated heterocycles. The van der Waals surface area contributed by atoms with Gasteiger partial charge < -0.3 is 9.47 Å². The summed E-state index contributed by atoms with van der Waals surface area (Å²) in [6, 6.07) is 0. The standard InChI is InChI=1S/C15H26O5/c1-4-5-6-7-8-9-13(16)20-15(18)11-10-14(17)19-12(2)3/h12H,4-11H2,1-3H3. The molecule has 0 N–H and O–H groups in total. The monoisotopic (exact) mass is 286 g/mol. The van der Waals surface area contributed by atoms with Crippen molar-refractivity contribution in [1.29, 1.82) is 0 Å². The first-order valence-electron chi connectivity index (χ1n) is 7.38. The summed E-state index contributed by atoms with van der Waals surface area (Å²) in [5.74, 6) is -1.63. The van der Waals surface area contributed by atoms with Crippen LogP contribution in [0.2, 0.25) is 0 Å². The van der Waals surface area contributed by atoms with E-state index in [4.69, 9.17) is 4.74 Å². The van der Waals surface area contributed by atoms with Crippen molar-refractivity contribution in [3.8, 4) is 0 Å². The Morgan fingerprint density at radius 1 is 0.800 bits per heavy atom. The highest BCUT2D eigenvalue weighted by Gasteiger charge is 2.13. The van der Waals surface area contributed by atoms with Crippen molar-refractivity contribution in [1.82, 2.24) is 0 Å². The number of carbonyl (C=O) groups excluding carboxylic acids is 3. The summed E-state index contributed by atoms with van der Waals surface area (Å²) >= 11 is 0. The largest absolute Gasteiger partial charge is 0.463 e. The van der Waals surface area contributed by atoms with Crippen molar-refractivity contribution in [2.45, 2.75) is 78.2 Å². The third-order valence-electron chi connectivity index (χ3n) is 2.61. The van der Waals surface area contributed by atoms with Gasteiger partial charge in [0.15, 0.2) is 0 Å². The zero-order chi connectivity index (χ0) is 15.4. The molecular weight excluding hydrogens is 260 g/mol. The first-order valence-corrected chi connectivity index (χ1v) is 7.38. The molecule has 0 aliphatic heterocycles. The fourth-order valence-electron chi connectivity index (χ4n) is 1.63. The van der Waals surface area contributed by atoms with E-state index in [1.165, 1.54) is 0 Å². The van der Waals surface area contributed by atoms with E-state index >= 15 is 0 Å². The molecule has 0 bridgehead atoms. The maximum Gasteiger partial charge on any atom is 0.314 e. The molecule has 0 heterocycles. The lowest BCUT2D eigenvalue weighted by atomic mass is 10.1. The molecule has 0 aromatic carbocycles. The molecule has 0 aliphatic carbocycles. The van der Waals surface area contributed by atoms with E-state index in [1.807, 2.05) is 0 Å². The van der Waals surface area contributed by atoms with Crippen LogP contribution in [0.25, 0.3) is 0 Å². The van der Waals surface area contributed by atoms with Crippen LogP contribution in [0.1, 0.15) is 72.1 Å². The third-order valence-corrected chi connectivity index (χ3v) is 2.61. The number of rotatable bonds is 10. The van der Waals surface area contributed by atoms with Crippen LogP contribution in [0, 0.1) is 0 Å². The molecule has 0 atom stereocenters. The normalized spacial score (nSPS) is 10.4. The van der Waals surface area contributed by atoms with Crippen molar-refractivity contribution in [3.63, 3.8) is 0 Å². The Hall–Kier alpha value is -1.39. The molecule has 0 saturated carbocycles. The van der Waals surface area contributed by atoms with Crippen LogP contribution in [-0.2, 0) is 23.9 Å². The van der Waals surface area contributed by atoms with Gasteiger partial charge in [0.05, 0.1) is 18.9 Å². The second kappa shape index (κ2) is 11.4. The van der Waals surface area contributed by atoms with Crippen LogP contribution in [0.5, 0.6) is 0 Å². The SMILES string of the molecule is CCCCCCCC(=O)OC(=O)CCC(=O)OC(C)C. The second-order valence-corrected chi connectivity index (χ2v) is 5.05. The molecule has 0 aromatic rings. The number of carbonyl (C=O) groups is 3. The van der Waals surface area contributed by atoms with Crippen molar-refractivity contribution < 1.29 is 23.9 Å². The molecule has 5 nitrogen and oxygen atoms in total. The van der Waals surface area contributed by atoms with Gasteiger partial charge in [-0.05, 0) is 20.3 Å². The minimum absolute atomic E-state index is 0.0548. The summed E-state index contributed by atoms with van der Waals surface area (Å²) in [6.45, 7) is 5.59. The molecule has 0 unspecified atom stereocenters. The fourth-order valence-corrected chi connectivity index (χ4v) is 1.63. The molecule has 0 amide bonds. The minimum atomic E-state index is -0.663. The first-order chi connectivity index (χ1) is 9.45. The number of ether oxygens (including phenoxy) is 2. The highest BCUT2D eigenvalue weighted by Crippen LogP contribution is 2.06. The second-order valence-electron chi connectivity index (χ2n) is 5.05.